The Balaban J connectivity index is 0.000000272. The number of halogens is 2. The minimum atomic E-state index is 0. The first-order chi connectivity index (χ1) is 18.3. The summed E-state index contributed by atoms with van der Waals surface area (Å²) in [5.41, 5.74) is 5.41. The Kier molecular flexibility index (Phi) is 11.9. The maximum absolute atomic E-state index is 10.1. The van der Waals surface area contributed by atoms with E-state index in [-0.39, 0.29) is 25.6 Å². The molecule has 0 saturated carbocycles. The van der Waals surface area contributed by atoms with E-state index in [1.54, 1.807) is 30.3 Å². The van der Waals surface area contributed by atoms with Crippen LogP contribution >= 0.6 is 11.6 Å². The van der Waals surface area contributed by atoms with E-state index < -0.39 is 0 Å². The topological polar surface area (TPSA) is 69.4 Å². The van der Waals surface area contributed by atoms with Crippen LogP contribution in [0.15, 0.2) is 113 Å². The molecule has 208 valence electrons. The highest BCUT2D eigenvalue weighted by Gasteiger charge is 2.16. The van der Waals surface area contributed by atoms with E-state index in [2.05, 4.69) is 46.5 Å². The Morgan fingerprint density at radius 3 is 2.20 bits per heavy atom. The summed E-state index contributed by atoms with van der Waals surface area (Å²) in [4.78, 5) is 0. The third-order valence-corrected chi connectivity index (χ3v) is 6.22. The normalized spacial score (nSPS) is 10.6. The molecule has 7 nitrogen and oxygen atoms in total. The second-order valence-corrected chi connectivity index (χ2v) is 9.22. The molecule has 4 aromatic carbocycles. The van der Waals surface area contributed by atoms with Gasteiger partial charge in [0.1, 0.15) is 11.3 Å². The summed E-state index contributed by atoms with van der Waals surface area (Å²) in [5, 5.41) is 26.3. The number of aromatic hydroxyl groups is 1. The summed E-state index contributed by atoms with van der Waals surface area (Å²) < 4.78 is 3.83. The summed E-state index contributed by atoms with van der Waals surface area (Å²) >= 11 is 5.84. The second kappa shape index (κ2) is 14.8. The maximum atomic E-state index is 10.1. The number of hydrogen-bond donors (Lipinski definition) is 1. The van der Waals surface area contributed by atoms with Crippen molar-refractivity contribution in [1.82, 2.24) is 4.68 Å². The van der Waals surface area contributed by atoms with Gasteiger partial charge in [-0.3, -0.25) is 5.01 Å². The highest BCUT2D eigenvalue weighted by molar-refractivity contribution is 6.30. The number of azo groups is 1. The first-order valence-electron chi connectivity index (χ1n) is 12.1. The number of hydrogen-bond acceptors (Lipinski definition) is 5. The lowest BCUT2D eigenvalue weighted by Gasteiger charge is -2.11. The van der Waals surface area contributed by atoms with Crippen molar-refractivity contribution in [3.05, 3.63) is 113 Å². The van der Waals surface area contributed by atoms with Crippen molar-refractivity contribution in [2.45, 2.75) is 14.4 Å². The monoisotopic (exact) mass is 576 g/mol. The third-order valence-electron chi connectivity index (χ3n) is 5.96. The molecule has 0 aliphatic carbocycles. The molecule has 0 radical (unpaired) electrons. The van der Waals surface area contributed by atoms with E-state index >= 15 is 0 Å². The van der Waals surface area contributed by atoms with Gasteiger partial charge >= 0.3 is 0 Å². The van der Waals surface area contributed by atoms with Gasteiger partial charge in [-0.25, -0.2) is 0 Å². The van der Waals surface area contributed by atoms with Crippen molar-refractivity contribution < 1.29 is 22.2 Å². The van der Waals surface area contributed by atoms with Crippen molar-refractivity contribution in [2.75, 3.05) is 12.1 Å². The van der Waals surface area contributed by atoms with Crippen molar-refractivity contribution in [3.8, 4) is 5.75 Å². The Hall–Kier alpha value is -4.20. The van der Waals surface area contributed by atoms with Crippen LogP contribution in [-0.4, -0.2) is 23.1 Å². The lowest BCUT2D eigenvalue weighted by molar-refractivity contribution is -0.748. The molecule has 40 heavy (non-hydrogen) atoms. The Labute approximate surface area is 247 Å². The second-order valence-electron chi connectivity index (χ2n) is 8.79. The van der Waals surface area contributed by atoms with Crippen LogP contribution in [0.25, 0.3) is 10.9 Å². The number of fused-ring (bicyclic) bond motifs is 1. The molecule has 0 fully saturated rings. The van der Waals surface area contributed by atoms with E-state index in [9.17, 15) is 5.11 Å². The SMILES string of the molecule is C.Cc1ccc(C=NN(C)c2ccccc2)cc1.Cn1c2c(N=Nc3ccc(Cl)cc3)c(O)ccc2c[n+]1C.[Cl-]. The molecule has 5 rings (SSSR count). The van der Waals surface area contributed by atoms with Crippen LogP contribution in [0, 0.1) is 6.92 Å². The van der Waals surface area contributed by atoms with E-state index in [0.29, 0.717) is 16.4 Å². The minimum Gasteiger partial charge on any atom is -1.00 e. The van der Waals surface area contributed by atoms with Gasteiger partial charge in [-0.1, -0.05) is 67.1 Å². The first kappa shape index (κ1) is 32.0. The summed E-state index contributed by atoms with van der Waals surface area (Å²) in [7, 11) is 5.78. The van der Waals surface area contributed by atoms with Gasteiger partial charge in [-0.15, -0.1) is 9.80 Å². The molecule has 5 aromatic rings. The average Bonchev–Trinajstić information content (AvgIpc) is 3.22. The smallest absolute Gasteiger partial charge is 0.203 e. The van der Waals surface area contributed by atoms with Crippen LogP contribution in [0.2, 0.25) is 5.02 Å². The Morgan fingerprint density at radius 2 is 1.55 bits per heavy atom. The number of phenols is 1. The van der Waals surface area contributed by atoms with Gasteiger partial charge in [0, 0.05) is 12.1 Å². The number of para-hydroxylation sites is 1. The molecule has 0 unspecified atom stereocenters. The average molecular weight is 578 g/mol. The lowest BCUT2D eigenvalue weighted by atomic mass is 10.2. The summed E-state index contributed by atoms with van der Waals surface area (Å²) in [5.74, 6) is 0.0991. The van der Waals surface area contributed by atoms with Crippen LogP contribution in [-0.2, 0) is 14.1 Å². The van der Waals surface area contributed by atoms with Gasteiger partial charge < -0.3 is 17.5 Å². The quantitative estimate of drug-likeness (QED) is 0.140. The molecule has 0 aliphatic rings. The zero-order valence-corrected chi connectivity index (χ0v) is 23.7. The number of benzene rings is 4. The van der Waals surface area contributed by atoms with Crippen LogP contribution in [0.1, 0.15) is 18.6 Å². The number of anilines is 1. The molecule has 0 bridgehead atoms. The van der Waals surface area contributed by atoms with Gasteiger partial charge in [-0.05, 0) is 61.0 Å². The predicted octanol–water partition coefficient (Wildman–Crippen LogP) is 4.88. The van der Waals surface area contributed by atoms with Gasteiger partial charge in [0.15, 0.2) is 12.7 Å². The number of hydrazone groups is 1. The molecule has 0 aliphatic heterocycles. The first-order valence-corrected chi connectivity index (χ1v) is 12.4. The van der Waals surface area contributed by atoms with Crippen LogP contribution < -0.4 is 22.1 Å². The molecule has 0 spiro atoms. The molecule has 0 amide bonds. The van der Waals surface area contributed by atoms with Crippen LogP contribution in [0.3, 0.4) is 0 Å². The third kappa shape index (κ3) is 8.15. The summed E-state index contributed by atoms with van der Waals surface area (Å²) in [6.45, 7) is 2.08. The van der Waals surface area contributed by atoms with Gasteiger partial charge in [0.25, 0.3) is 0 Å². The van der Waals surface area contributed by atoms with Crippen molar-refractivity contribution >= 4 is 45.8 Å². The van der Waals surface area contributed by atoms with Gasteiger partial charge in [-0.2, -0.15) is 14.9 Å². The molecule has 0 atom stereocenters. The summed E-state index contributed by atoms with van der Waals surface area (Å²) in [6, 6.07) is 28.9. The van der Waals surface area contributed by atoms with E-state index in [4.69, 9.17) is 11.6 Å². The van der Waals surface area contributed by atoms with Crippen molar-refractivity contribution in [1.29, 1.82) is 0 Å². The van der Waals surface area contributed by atoms with E-state index in [0.717, 1.165) is 22.2 Å². The van der Waals surface area contributed by atoms with Gasteiger partial charge in [0.2, 0.25) is 6.20 Å². The Bertz CT molecular complexity index is 1560. The lowest BCUT2D eigenvalue weighted by Crippen LogP contribution is -3.00. The number of nitrogens with zero attached hydrogens (tertiary/aromatic N) is 6. The minimum absolute atomic E-state index is 0. The maximum Gasteiger partial charge on any atom is 0.203 e. The molecule has 0 saturated heterocycles. The fourth-order valence-corrected chi connectivity index (χ4v) is 3.83. The van der Waals surface area contributed by atoms with Crippen molar-refractivity contribution in [3.63, 3.8) is 0 Å². The zero-order chi connectivity index (χ0) is 27.1. The molecule has 1 heterocycles. The van der Waals surface area contributed by atoms with Gasteiger partial charge in [0.05, 0.1) is 30.0 Å². The number of aryl methyl sites for hydroxylation is 3. The number of phenolic OH excluding ortho intramolecular Hbond substituents is 1. The van der Waals surface area contributed by atoms with Crippen molar-refractivity contribution in [2.24, 2.45) is 29.4 Å². The highest BCUT2D eigenvalue weighted by atomic mass is 35.5. The Morgan fingerprint density at radius 1 is 0.900 bits per heavy atom. The molecule has 9 heteroatoms. The van der Waals surface area contributed by atoms with Crippen LogP contribution in [0.5, 0.6) is 5.75 Å². The summed E-state index contributed by atoms with van der Waals surface area (Å²) in [6.07, 6.45) is 3.84. The number of aromatic nitrogens is 2. The van der Waals surface area contributed by atoms with E-state index in [1.807, 2.05) is 84.3 Å². The molecule has 1 N–H and O–H groups in total. The molecular formula is C31H34Cl2N6O. The van der Waals surface area contributed by atoms with E-state index in [1.165, 1.54) is 5.56 Å². The predicted molar refractivity (Wildman–Crippen MR) is 162 cm³/mol. The molecular weight excluding hydrogens is 543 g/mol. The number of rotatable bonds is 5. The fraction of sp³-hybridized carbons (Fsp3) is 0.161. The standard InChI is InChI=1S/C15H13ClN4O.C15H16N2.CH4.ClH/c1-19-9-10-3-8-13(21)14(15(10)20(19)2)18-17-12-6-4-11(16)5-7-12;1-13-8-10-14(11-9-13)12-16-17(2)15-6-4-3-5-7-15;;/h3-9H,1-2H3;3-12H,1-2H3;1H4;1H. The van der Waals surface area contributed by atoms with Crippen LogP contribution in [0.4, 0.5) is 17.1 Å². The fourth-order valence-electron chi connectivity index (χ4n) is 3.70. The zero-order valence-electron chi connectivity index (χ0n) is 22.2. The highest BCUT2D eigenvalue weighted by Crippen LogP contribution is 2.35. The largest absolute Gasteiger partial charge is 1.00 e. The molecule has 1 aromatic heterocycles.